The molecule has 0 saturated carbocycles. The first-order chi connectivity index (χ1) is 17.5. The van der Waals surface area contributed by atoms with E-state index in [1.807, 2.05) is 0 Å². The Morgan fingerprint density at radius 1 is 0.892 bits per heavy atom. The Balaban J connectivity index is 1.51. The summed E-state index contributed by atoms with van der Waals surface area (Å²) in [7, 11) is -7.74. The molecule has 0 radical (unpaired) electrons. The minimum Gasteiger partial charge on any atom is -0.379 e. The summed E-state index contributed by atoms with van der Waals surface area (Å²) in [5.74, 6) is -0.646. The van der Waals surface area contributed by atoms with Gasteiger partial charge in [-0.3, -0.25) is 9.52 Å². The van der Waals surface area contributed by atoms with E-state index in [1.54, 1.807) is 25.1 Å². The van der Waals surface area contributed by atoms with Gasteiger partial charge in [0.25, 0.3) is 15.9 Å². The van der Waals surface area contributed by atoms with Crippen LogP contribution in [-0.4, -0.2) is 53.4 Å². The molecule has 3 aromatic carbocycles. The van der Waals surface area contributed by atoms with E-state index in [2.05, 4.69) is 10.0 Å². The highest BCUT2D eigenvalue weighted by Gasteiger charge is 2.27. The van der Waals surface area contributed by atoms with E-state index in [0.717, 1.165) is 0 Å². The Hall–Kier alpha value is -2.67. The van der Waals surface area contributed by atoms with E-state index in [0.29, 0.717) is 35.2 Å². The highest BCUT2D eigenvalue weighted by Crippen LogP contribution is 2.27. The molecule has 0 atom stereocenters. The zero-order valence-electron chi connectivity index (χ0n) is 19.6. The van der Waals surface area contributed by atoms with Crippen molar-refractivity contribution in [3.8, 4) is 0 Å². The van der Waals surface area contributed by atoms with E-state index in [4.69, 9.17) is 27.9 Å². The summed E-state index contributed by atoms with van der Waals surface area (Å²) in [5, 5.41) is 3.12. The smallest absolute Gasteiger partial charge is 0.261 e. The van der Waals surface area contributed by atoms with Gasteiger partial charge in [-0.15, -0.1) is 0 Å². The number of rotatable bonds is 7. The number of anilines is 2. The minimum absolute atomic E-state index is 0.0264. The minimum atomic E-state index is -3.91. The predicted molar refractivity (Wildman–Crippen MR) is 142 cm³/mol. The lowest BCUT2D eigenvalue weighted by molar-refractivity contribution is 0.0730. The molecule has 0 bridgehead atoms. The van der Waals surface area contributed by atoms with E-state index >= 15 is 0 Å². The first kappa shape index (κ1) is 27.4. The Morgan fingerprint density at radius 2 is 1.54 bits per heavy atom. The molecule has 1 aliphatic rings. The van der Waals surface area contributed by atoms with Gasteiger partial charge in [-0.25, -0.2) is 16.8 Å². The molecule has 2 N–H and O–H groups in total. The summed E-state index contributed by atoms with van der Waals surface area (Å²) in [5.41, 5.74) is 1.20. The standard InChI is InChI=1S/C24H23Cl2N3O6S2/c1-16-21(25)3-2-4-23(16)28-36(31,32)18-7-5-17(6-8-18)27-24(30)20-15-19(9-10-22(20)26)37(33,34)29-11-13-35-14-12-29/h2-10,15,28H,11-14H2,1H3,(H,27,30). The molecule has 13 heteroatoms. The van der Waals surface area contributed by atoms with Crippen molar-refractivity contribution in [1.82, 2.24) is 4.31 Å². The highest BCUT2D eigenvalue weighted by atomic mass is 35.5. The average Bonchev–Trinajstić information content (AvgIpc) is 2.87. The SMILES string of the molecule is Cc1c(Cl)cccc1NS(=O)(=O)c1ccc(NC(=O)c2cc(S(=O)(=O)N3CCOCC3)ccc2Cl)cc1. The van der Waals surface area contributed by atoms with Crippen LogP contribution in [0.1, 0.15) is 15.9 Å². The molecule has 1 amide bonds. The number of hydrogen-bond acceptors (Lipinski definition) is 6. The van der Waals surface area contributed by atoms with Gasteiger partial charge in [-0.2, -0.15) is 4.31 Å². The molecule has 0 aromatic heterocycles. The van der Waals surface area contributed by atoms with Gasteiger partial charge in [0.2, 0.25) is 10.0 Å². The summed E-state index contributed by atoms with van der Waals surface area (Å²) >= 11 is 12.3. The number of carbonyl (C=O) groups is 1. The largest absolute Gasteiger partial charge is 0.379 e. The molecule has 0 aliphatic carbocycles. The second-order valence-corrected chi connectivity index (χ2v) is 12.6. The van der Waals surface area contributed by atoms with Crippen LogP contribution in [0.5, 0.6) is 0 Å². The third kappa shape index (κ3) is 6.08. The van der Waals surface area contributed by atoms with Crippen molar-refractivity contribution >= 4 is 60.5 Å². The second-order valence-electron chi connectivity index (χ2n) is 8.15. The van der Waals surface area contributed by atoms with Crippen molar-refractivity contribution in [2.45, 2.75) is 16.7 Å². The van der Waals surface area contributed by atoms with Crippen molar-refractivity contribution in [2.24, 2.45) is 0 Å². The highest BCUT2D eigenvalue weighted by molar-refractivity contribution is 7.92. The Morgan fingerprint density at radius 3 is 2.22 bits per heavy atom. The normalized spacial score (nSPS) is 14.8. The van der Waals surface area contributed by atoms with E-state index in [-0.39, 0.29) is 33.5 Å². The molecular weight excluding hydrogens is 561 g/mol. The molecule has 1 fully saturated rings. The number of carbonyl (C=O) groups excluding carboxylic acids is 1. The molecule has 4 rings (SSSR count). The van der Waals surface area contributed by atoms with Crippen molar-refractivity contribution in [3.63, 3.8) is 0 Å². The molecule has 9 nitrogen and oxygen atoms in total. The van der Waals surface area contributed by atoms with Crippen LogP contribution in [0, 0.1) is 6.92 Å². The Labute approximate surface area is 225 Å². The van der Waals surface area contributed by atoms with Crippen molar-refractivity contribution in [1.29, 1.82) is 0 Å². The third-order valence-electron chi connectivity index (χ3n) is 5.72. The number of sulfonamides is 2. The van der Waals surface area contributed by atoms with Crippen LogP contribution < -0.4 is 10.0 Å². The molecule has 0 unspecified atom stereocenters. The van der Waals surface area contributed by atoms with Gasteiger partial charge in [0, 0.05) is 23.8 Å². The summed E-state index contributed by atoms with van der Waals surface area (Å²) in [4.78, 5) is 12.8. The van der Waals surface area contributed by atoms with Crippen molar-refractivity contribution in [3.05, 3.63) is 81.8 Å². The van der Waals surface area contributed by atoms with Gasteiger partial charge in [0.15, 0.2) is 0 Å². The fourth-order valence-corrected chi connectivity index (χ4v) is 6.55. The lowest BCUT2D eigenvalue weighted by atomic mass is 10.2. The maximum absolute atomic E-state index is 13.0. The van der Waals surface area contributed by atoms with Gasteiger partial charge >= 0.3 is 0 Å². The summed E-state index contributed by atoms with van der Waals surface area (Å²) < 4.78 is 60.5. The maximum Gasteiger partial charge on any atom is 0.261 e. The number of benzene rings is 3. The molecule has 1 saturated heterocycles. The fraction of sp³-hybridized carbons (Fsp3) is 0.208. The predicted octanol–water partition coefficient (Wildman–Crippen LogP) is 4.38. The number of halogens is 2. The molecule has 1 heterocycles. The van der Waals surface area contributed by atoms with Gasteiger partial charge < -0.3 is 10.1 Å². The van der Waals surface area contributed by atoms with Gasteiger partial charge in [-0.05, 0) is 67.1 Å². The summed E-state index contributed by atoms with van der Waals surface area (Å²) in [6, 6.07) is 14.3. The number of nitrogens with zero attached hydrogens (tertiary/aromatic N) is 1. The van der Waals surface area contributed by atoms with Crippen LogP contribution in [-0.2, 0) is 24.8 Å². The van der Waals surface area contributed by atoms with Crippen LogP contribution >= 0.6 is 23.2 Å². The zero-order valence-corrected chi connectivity index (χ0v) is 22.7. The van der Waals surface area contributed by atoms with Crippen LogP contribution in [0.2, 0.25) is 10.0 Å². The maximum atomic E-state index is 13.0. The van der Waals surface area contributed by atoms with Gasteiger partial charge in [0.05, 0.1) is 39.3 Å². The fourth-order valence-electron chi connectivity index (χ4n) is 3.61. The van der Waals surface area contributed by atoms with E-state index < -0.39 is 26.0 Å². The number of morpholine rings is 1. The third-order valence-corrected chi connectivity index (χ3v) is 9.74. The summed E-state index contributed by atoms with van der Waals surface area (Å²) in [6.45, 7) is 2.71. The van der Waals surface area contributed by atoms with Crippen molar-refractivity contribution < 1.29 is 26.4 Å². The topological polar surface area (TPSA) is 122 Å². The second kappa shape index (κ2) is 11.0. The molecule has 1 aliphatic heterocycles. The van der Waals surface area contributed by atoms with Crippen LogP contribution in [0.3, 0.4) is 0 Å². The van der Waals surface area contributed by atoms with E-state index in [9.17, 15) is 21.6 Å². The zero-order chi connectivity index (χ0) is 26.8. The average molecular weight is 585 g/mol. The molecule has 3 aromatic rings. The number of nitrogens with one attached hydrogen (secondary N) is 2. The van der Waals surface area contributed by atoms with Crippen LogP contribution in [0.15, 0.2) is 70.5 Å². The molecule has 196 valence electrons. The lowest BCUT2D eigenvalue weighted by Crippen LogP contribution is -2.40. The first-order valence-electron chi connectivity index (χ1n) is 11.1. The Kier molecular flexibility index (Phi) is 8.12. The molecule has 0 spiro atoms. The molecular formula is C24H23Cl2N3O6S2. The van der Waals surface area contributed by atoms with Gasteiger partial charge in [0.1, 0.15) is 0 Å². The summed E-state index contributed by atoms with van der Waals surface area (Å²) in [6.07, 6.45) is 0. The number of hydrogen-bond donors (Lipinski definition) is 2. The number of amides is 1. The molecule has 37 heavy (non-hydrogen) atoms. The van der Waals surface area contributed by atoms with E-state index in [1.165, 1.54) is 46.8 Å². The lowest BCUT2D eigenvalue weighted by Gasteiger charge is -2.26. The van der Waals surface area contributed by atoms with Gasteiger partial charge in [-0.1, -0.05) is 29.3 Å². The van der Waals surface area contributed by atoms with Crippen LogP contribution in [0.4, 0.5) is 11.4 Å². The quantitative estimate of drug-likeness (QED) is 0.425. The number of ether oxygens (including phenoxy) is 1. The monoisotopic (exact) mass is 583 g/mol. The van der Waals surface area contributed by atoms with Crippen LogP contribution in [0.25, 0.3) is 0 Å². The first-order valence-corrected chi connectivity index (χ1v) is 14.7. The van der Waals surface area contributed by atoms with Crippen molar-refractivity contribution in [2.75, 3.05) is 36.3 Å². The Bertz CT molecular complexity index is 1540.